The lowest BCUT2D eigenvalue weighted by atomic mass is 10.0. The number of ether oxygens (including phenoxy) is 1. The van der Waals surface area contributed by atoms with Gasteiger partial charge in [0.15, 0.2) is 0 Å². The molecule has 2 N–H and O–H groups in total. The molecule has 6 heteroatoms. The van der Waals surface area contributed by atoms with E-state index in [9.17, 15) is 0 Å². The van der Waals surface area contributed by atoms with Crippen molar-refractivity contribution in [2.45, 2.75) is 25.5 Å². The van der Waals surface area contributed by atoms with Gasteiger partial charge < -0.3 is 10.5 Å². The molecule has 1 aromatic rings. The van der Waals surface area contributed by atoms with Gasteiger partial charge in [-0.25, -0.2) is 0 Å². The topological polar surface area (TPSA) is 38.5 Å². The molecule has 0 aliphatic carbocycles. The highest BCUT2D eigenvalue weighted by atomic mass is 79.9. The van der Waals surface area contributed by atoms with Crippen molar-refractivity contribution < 1.29 is 4.74 Å². The maximum absolute atomic E-state index is 6.11. The number of morpholine rings is 1. The molecule has 0 radical (unpaired) electrons. The molecule has 2 rings (SSSR count). The molecule has 18 heavy (non-hydrogen) atoms. The van der Waals surface area contributed by atoms with Crippen LogP contribution in [-0.2, 0) is 4.74 Å². The lowest BCUT2D eigenvalue weighted by Crippen LogP contribution is -2.50. The molecule has 0 amide bonds. The van der Waals surface area contributed by atoms with Crippen molar-refractivity contribution in [1.82, 2.24) is 4.90 Å². The molecule has 1 saturated heterocycles. The average Bonchev–Trinajstić information content (AvgIpc) is 2.58. The number of halogens is 2. The lowest BCUT2D eigenvalue weighted by molar-refractivity contribution is -0.0964. The van der Waals surface area contributed by atoms with Crippen LogP contribution in [0.2, 0.25) is 4.34 Å². The molecule has 1 unspecified atom stereocenters. The van der Waals surface area contributed by atoms with Crippen LogP contribution >= 0.6 is 38.9 Å². The summed E-state index contributed by atoms with van der Waals surface area (Å²) in [6, 6.07) is 2.30. The monoisotopic (exact) mass is 352 g/mol. The second-order valence-electron chi connectivity index (χ2n) is 5.10. The summed E-state index contributed by atoms with van der Waals surface area (Å²) >= 11 is 11.2. The Morgan fingerprint density at radius 1 is 1.67 bits per heavy atom. The summed E-state index contributed by atoms with van der Waals surface area (Å²) in [4.78, 5) is 3.60. The van der Waals surface area contributed by atoms with Crippen LogP contribution in [-0.4, -0.2) is 36.7 Å². The van der Waals surface area contributed by atoms with Gasteiger partial charge in [-0.3, -0.25) is 4.90 Å². The number of nitrogens with zero attached hydrogens (tertiary/aromatic N) is 1. The summed E-state index contributed by atoms with van der Waals surface area (Å²) in [5, 5.41) is 0. The van der Waals surface area contributed by atoms with Gasteiger partial charge in [-0.05, 0) is 35.8 Å². The fraction of sp³-hybridized carbons (Fsp3) is 0.667. The number of nitrogens with two attached hydrogens (primary N) is 1. The zero-order valence-corrected chi connectivity index (χ0v) is 13.7. The Morgan fingerprint density at radius 2 is 2.39 bits per heavy atom. The Labute approximate surface area is 125 Å². The average molecular weight is 354 g/mol. The third-order valence-electron chi connectivity index (χ3n) is 3.11. The minimum absolute atomic E-state index is 0.107. The van der Waals surface area contributed by atoms with Gasteiger partial charge in [0, 0.05) is 29.0 Å². The molecule has 1 fully saturated rings. The van der Waals surface area contributed by atoms with E-state index >= 15 is 0 Å². The molecule has 3 nitrogen and oxygen atoms in total. The fourth-order valence-electron chi connectivity index (χ4n) is 2.29. The second kappa shape index (κ2) is 5.77. The van der Waals surface area contributed by atoms with Crippen molar-refractivity contribution in [3.63, 3.8) is 0 Å². The maximum atomic E-state index is 6.11. The first-order valence-corrected chi connectivity index (χ1v) is 7.94. The van der Waals surface area contributed by atoms with E-state index in [1.165, 1.54) is 4.88 Å². The third-order valence-corrected chi connectivity index (χ3v) is 5.69. The summed E-state index contributed by atoms with van der Waals surface area (Å²) in [7, 11) is 0. The molecular formula is C12H18BrClN2OS. The van der Waals surface area contributed by atoms with E-state index < -0.39 is 0 Å². The standard InChI is InChI=1S/C12H18BrClN2OS/c1-12(2)7-16(3-4-17-12)9(6-15)10-5-8(13)11(14)18-10/h5,9H,3-4,6-7,15H2,1-2H3. The van der Waals surface area contributed by atoms with Gasteiger partial charge in [0.1, 0.15) is 4.34 Å². The maximum Gasteiger partial charge on any atom is 0.107 e. The van der Waals surface area contributed by atoms with Gasteiger partial charge in [-0.2, -0.15) is 0 Å². The first-order chi connectivity index (χ1) is 8.43. The van der Waals surface area contributed by atoms with Crippen molar-refractivity contribution in [3.05, 3.63) is 19.8 Å². The van der Waals surface area contributed by atoms with Crippen molar-refractivity contribution in [1.29, 1.82) is 0 Å². The first kappa shape index (κ1) is 14.8. The van der Waals surface area contributed by atoms with Crippen molar-refractivity contribution in [3.8, 4) is 0 Å². The van der Waals surface area contributed by atoms with E-state index in [2.05, 4.69) is 40.7 Å². The summed E-state index contributed by atoms with van der Waals surface area (Å²) < 4.78 is 7.48. The van der Waals surface area contributed by atoms with Crippen LogP contribution in [0.1, 0.15) is 24.8 Å². The zero-order valence-electron chi connectivity index (χ0n) is 10.6. The summed E-state index contributed by atoms with van der Waals surface area (Å²) in [5.41, 5.74) is 5.84. The molecule has 102 valence electrons. The molecule has 0 saturated carbocycles. The highest BCUT2D eigenvalue weighted by molar-refractivity contribution is 9.10. The second-order valence-corrected chi connectivity index (χ2v) is 7.64. The minimum atomic E-state index is -0.107. The Hall–Kier alpha value is 0.350. The van der Waals surface area contributed by atoms with Gasteiger partial charge in [0.2, 0.25) is 0 Å². The zero-order chi connectivity index (χ0) is 13.3. The Kier molecular flexibility index (Phi) is 4.73. The van der Waals surface area contributed by atoms with E-state index in [0.717, 1.165) is 28.5 Å². The summed E-state index contributed by atoms with van der Waals surface area (Å²) in [6.45, 7) is 7.39. The molecule has 1 atom stereocenters. The van der Waals surface area contributed by atoms with Crippen molar-refractivity contribution in [2.24, 2.45) is 5.73 Å². The van der Waals surface area contributed by atoms with Gasteiger partial charge in [0.25, 0.3) is 0 Å². The Balaban J connectivity index is 2.18. The number of hydrogen-bond acceptors (Lipinski definition) is 4. The van der Waals surface area contributed by atoms with Crippen LogP contribution in [0.15, 0.2) is 10.5 Å². The number of thiophene rings is 1. The smallest absolute Gasteiger partial charge is 0.107 e. The normalized spacial score (nSPS) is 22.1. The number of hydrogen-bond donors (Lipinski definition) is 1. The summed E-state index contributed by atoms with van der Waals surface area (Å²) in [5.74, 6) is 0. The van der Waals surface area contributed by atoms with E-state index in [1.807, 2.05) is 0 Å². The lowest BCUT2D eigenvalue weighted by Gasteiger charge is -2.41. The van der Waals surface area contributed by atoms with Gasteiger partial charge >= 0.3 is 0 Å². The Morgan fingerprint density at radius 3 is 2.89 bits per heavy atom. The van der Waals surface area contributed by atoms with Crippen LogP contribution in [0.4, 0.5) is 0 Å². The number of rotatable bonds is 3. The van der Waals surface area contributed by atoms with Crippen molar-refractivity contribution >= 4 is 38.9 Å². The molecule has 0 spiro atoms. The SMILES string of the molecule is CC1(C)CN(C(CN)c2cc(Br)c(Cl)s2)CCO1. The molecule has 1 aliphatic heterocycles. The van der Waals surface area contributed by atoms with Gasteiger partial charge in [0.05, 0.1) is 18.2 Å². The quantitative estimate of drug-likeness (QED) is 0.906. The molecule has 0 bridgehead atoms. The van der Waals surface area contributed by atoms with E-state index in [-0.39, 0.29) is 11.6 Å². The van der Waals surface area contributed by atoms with Crippen LogP contribution in [0.25, 0.3) is 0 Å². The highest BCUT2D eigenvalue weighted by Gasteiger charge is 2.32. The predicted molar refractivity (Wildman–Crippen MR) is 80.4 cm³/mol. The third kappa shape index (κ3) is 3.26. The van der Waals surface area contributed by atoms with Crippen molar-refractivity contribution in [2.75, 3.05) is 26.2 Å². The van der Waals surface area contributed by atoms with Crippen LogP contribution in [0.5, 0.6) is 0 Å². The molecular weight excluding hydrogens is 336 g/mol. The first-order valence-electron chi connectivity index (χ1n) is 5.96. The van der Waals surface area contributed by atoms with E-state index in [0.29, 0.717) is 6.54 Å². The molecule has 1 aromatic heterocycles. The summed E-state index contributed by atoms with van der Waals surface area (Å²) in [6.07, 6.45) is 0. The molecule has 2 heterocycles. The Bertz CT molecular complexity index is 405. The van der Waals surface area contributed by atoms with E-state index in [4.69, 9.17) is 22.1 Å². The molecule has 0 aromatic carbocycles. The van der Waals surface area contributed by atoms with Gasteiger partial charge in [-0.1, -0.05) is 11.6 Å². The van der Waals surface area contributed by atoms with Crippen LogP contribution in [0, 0.1) is 0 Å². The van der Waals surface area contributed by atoms with Gasteiger partial charge in [-0.15, -0.1) is 11.3 Å². The fourth-order valence-corrected chi connectivity index (χ4v) is 4.18. The molecule has 1 aliphatic rings. The van der Waals surface area contributed by atoms with Crippen LogP contribution < -0.4 is 5.73 Å². The highest BCUT2D eigenvalue weighted by Crippen LogP contribution is 2.37. The van der Waals surface area contributed by atoms with Crippen LogP contribution in [0.3, 0.4) is 0 Å². The minimum Gasteiger partial charge on any atom is -0.373 e. The van der Waals surface area contributed by atoms with E-state index in [1.54, 1.807) is 11.3 Å². The predicted octanol–water partition coefficient (Wildman–Crippen LogP) is 3.27. The largest absolute Gasteiger partial charge is 0.373 e.